The van der Waals surface area contributed by atoms with Crippen LogP contribution in [-0.2, 0) is 16.0 Å². The molecule has 1 fully saturated rings. The molecule has 1 aromatic carbocycles. The predicted molar refractivity (Wildman–Crippen MR) is 118 cm³/mol. The second-order valence-electron chi connectivity index (χ2n) is 7.95. The van der Waals surface area contributed by atoms with Crippen LogP contribution in [0.2, 0.25) is 0 Å². The molecule has 2 aromatic heterocycles. The standard InChI is InChI=1S/C24H25N5O3/c30-24(22(18-4-2-6-25-12-18)29-7-9-31-10-8-29)28-15-20-11-17-3-1-5-21(23(17)32-20)19-13-26-16-27-14-19/h1-6,12-14,16,20,22H,7-11,15H2,(H,28,30)/t20-,22+/m0/s1. The van der Waals surface area contributed by atoms with Gasteiger partial charge in [0.2, 0.25) is 5.91 Å². The molecule has 8 nitrogen and oxygen atoms in total. The summed E-state index contributed by atoms with van der Waals surface area (Å²) in [6.45, 7) is 3.09. The van der Waals surface area contributed by atoms with E-state index in [0.717, 1.165) is 34.4 Å². The number of nitrogens with one attached hydrogen (secondary N) is 1. The van der Waals surface area contributed by atoms with Crippen LogP contribution in [-0.4, -0.2) is 64.7 Å². The number of pyridine rings is 1. The predicted octanol–water partition coefficient (Wildman–Crippen LogP) is 2.03. The van der Waals surface area contributed by atoms with Crippen LogP contribution in [0.1, 0.15) is 17.2 Å². The van der Waals surface area contributed by atoms with E-state index in [2.05, 4.69) is 31.2 Å². The molecule has 0 aliphatic carbocycles. The summed E-state index contributed by atoms with van der Waals surface area (Å²) in [6.07, 6.45) is 9.17. The van der Waals surface area contributed by atoms with E-state index in [9.17, 15) is 4.79 Å². The Morgan fingerprint density at radius 3 is 2.72 bits per heavy atom. The van der Waals surface area contributed by atoms with Gasteiger partial charge in [-0.3, -0.25) is 14.7 Å². The number of carbonyl (C=O) groups excluding carboxylic acids is 1. The summed E-state index contributed by atoms with van der Waals surface area (Å²) in [5, 5.41) is 3.12. The van der Waals surface area contributed by atoms with E-state index in [1.165, 1.54) is 6.33 Å². The normalized spacial score (nSPS) is 19.1. The van der Waals surface area contributed by atoms with Crippen molar-refractivity contribution < 1.29 is 14.3 Å². The van der Waals surface area contributed by atoms with Crippen molar-refractivity contribution in [1.82, 2.24) is 25.2 Å². The molecule has 0 bridgehead atoms. The fourth-order valence-electron chi connectivity index (χ4n) is 4.33. The highest BCUT2D eigenvalue weighted by molar-refractivity contribution is 5.83. The number of carbonyl (C=O) groups is 1. The number of fused-ring (bicyclic) bond motifs is 1. The van der Waals surface area contributed by atoms with Gasteiger partial charge in [-0.1, -0.05) is 24.3 Å². The molecule has 2 aliphatic rings. The summed E-state index contributed by atoms with van der Waals surface area (Å²) in [6, 6.07) is 9.51. The van der Waals surface area contributed by atoms with Gasteiger partial charge in [0, 0.05) is 55.4 Å². The first kappa shape index (κ1) is 20.5. The Labute approximate surface area is 186 Å². The third-order valence-corrected chi connectivity index (χ3v) is 5.86. The van der Waals surface area contributed by atoms with Gasteiger partial charge in [0.05, 0.1) is 19.8 Å². The molecule has 1 saturated heterocycles. The molecule has 0 unspecified atom stereocenters. The van der Waals surface area contributed by atoms with Gasteiger partial charge in [-0.2, -0.15) is 0 Å². The fourth-order valence-corrected chi connectivity index (χ4v) is 4.33. The topological polar surface area (TPSA) is 89.5 Å². The number of morpholine rings is 1. The van der Waals surface area contributed by atoms with Crippen molar-refractivity contribution in [3.8, 4) is 16.9 Å². The van der Waals surface area contributed by atoms with E-state index >= 15 is 0 Å². The Bertz CT molecular complexity index is 1060. The molecule has 32 heavy (non-hydrogen) atoms. The maximum absolute atomic E-state index is 13.3. The van der Waals surface area contributed by atoms with Gasteiger partial charge in [0.25, 0.3) is 0 Å². The summed E-state index contributed by atoms with van der Waals surface area (Å²) in [5.41, 5.74) is 3.90. The molecule has 2 aliphatic heterocycles. The van der Waals surface area contributed by atoms with Crippen LogP contribution in [0.4, 0.5) is 0 Å². The molecule has 2 atom stereocenters. The number of ether oxygens (including phenoxy) is 2. The molecule has 1 amide bonds. The number of nitrogens with zero attached hydrogens (tertiary/aromatic N) is 4. The minimum Gasteiger partial charge on any atom is -0.487 e. The van der Waals surface area contributed by atoms with Gasteiger partial charge in [-0.05, 0) is 17.2 Å². The highest BCUT2D eigenvalue weighted by Gasteiger charge is 2.31. The maximum atomic E-state index is 13.3. The number of para-hydroxylation sites is 1. The molecule has 0 saturated carbocycles. The second kappa shape index (κ2) is 9.42. The lowest BCUT2D eigenvalue weighted by molar-refractivity contribution is -0.128. The van der Waals surface area contributed by atoms with Crippen molar-refractivity contribution in [2.24, 2.45) is 0 Å². The highest BCUT2D eigenvalue weighted by atomic mass is 16.5. The van der Waals surface area contributed by atoms with Crippen LogP contribution in [0.15, 0.2) is 61.4 Å². The van der Waals surface area contributed by atoms with E-state index in [1.807, 2.05) is 24.3 Å². The minimum absolute atomic E-state index is 0.0452. The number of rotatable bonds is 6. The SMILES string of the molecule is O=C(NC[C@@H]1Cc2cccc(-c3cncnc3)c2O1)[C@@H](c1cccnc1)N1CCOCC1. The average Bonchev–Trinajstić information content (AvgIpc) is 3.28. The van der Waals surface area contributed by atoms with Crippen molar-refractivity contribution in [2.45, 2.75) is 18.6 Å². The lowest BCUT2D eigenvalue weighted by atomic mass is 10.0. The Kier molecular flexibility index (Phi) is 6.04. The summed E-state index contributed by atoms with van der Waals surface area (Å²) in [5.74, 6) is 0.801. The monoisotopic (exact) mass is 431 g/mol. The first-order chi connectivity index (χ1) is 15.8. The highest BCUT2D eigenvalue weighted by Crippen LogP contribution is 2.38. The van der Waals surface area contributed by atoms with E-state index in [4.69, 9.17) is 9.47 Å². The fraction of sp³-hybridized carbons (Fsp3) is 0.333. The van der Waals surface area contributed by atoms with E-state index < -0.39 is 6.04 Å². The third kappa shape index (κ3) is 4.32. The first-order valence-corrected chi connectivity index (χ1v) is 10.8. The van der Waals surface area contributed by atoms with Gasteiger partial charge < -0.3 is 14.8 Å². The van der Waals surface area contributed by atoms with E-state index in [1.54, 1.807) is 24.8 Å². The van der Waals surface area contributed by atoms with Crippen LogP contribution in [0.25, 0.3) is 11.1 Å². The summed E-state index contributed by atoms with van der Waals surface area (Å²) >= 11 is 0. The number of amides is 1. The largest absolute Gasteiger partial charge is 0.487 e. The van der Waals surface area contributed by atoms with Crippen LogP contribution >= 0.6 is 0 Å². The summed E-state index contributed by atoms with van der Waals surface area (Å²) in [7, 11) is 0. The zero-order chi connectivity index (χ0) is 21.8. The summed E-state index contributed by atoms with van der Waals surface area (Å²) in [4.78, 5) is 27.9. The van der Waals surface area contributed by atoms with Crippen molar-refractivity contribution in [2.75, 3.05) is 32.8 Å². The molecule has 1 N–H and O–H groups in total. The zero-order valence-corrected chi connectivity index (χ0v) is 17.7. The molecule has 5 rings (SSSR count). The molecule has 0 spiro atoms. The van der Waals surface area contributed by atoms with Crippen molar-refractivity contribution in [3.05, 3.63) is 72.6 Å². The van der Waals surface area contributed by atoms with Crippen LogP contribution in [0.3, 0.4) is 0 Å². The Balaban J connectivity index is 1.28. The molecule has 0 radical (unpaired) electrons. The van der Waals surface area contributed by atoms with E-state index in [0.29, 0.717) is 32.8 Å². The zero-order valence-electron chi connectivity index (χ0n) is 17.7. The smallest absolute Gasteiger partial charge is 0.242 e. The summed E-state index contributed by atoms with van der Waals surface area (Å²) < 4.78 is 11.7. The van der Waals surface area contributed by atoms with Crippen LogP contribution in [0.5, 0.6) is 5.75 Å². The molecule has 8 heteroatoms. The average molecular weight is 431 g/mol. The van der Waals surface area contributed by atoms with Crippen molar-refractivity contribution in [3.63, 3.8) is 0 Å². The number of hydrogen-bond acceptors (Lipinski definition) is 7. The van der Waals surface area contributed by atoms with Gasteiger partial charge in [-0.15, -0.1) is 0 Å². The lowest BCUT2D eigenvalue weighted by Crippen LogP contribution is -2.47. The Hall–Kier alpha value is -3.36. The van der Waals surface area contributed by atoms with E-state index in [-0.39, 0.29) is 12.0 Å². The third-order valence-electron chi connectivity index (χ3n) is 5.86. The second-order valence-corrected chi connectivity index (χ2v) is 7.95. The molecular formula is C24H25N5O3. The van der Waals surface area contributed by atoms with Crippen LogP contribution in [0, 0.1) is 0 Å². The minimum atomic E-state index is -0.395. The van der Waals surface area contributed by atoms with Crippen molar-refractivity contribution >= 4 is 5.91 Å². The van der Waals surface area contributed by atoms with Crippen LogP contribution < -0.4 is 10.1 Å². The molecule has 3 aromatic rings. The van der Waals surface area contributed by atoms with Gasteiger partial charge in [0.1, 0.15) is 24.2 Å². The lowest BCUT2D eigenvalue weighted by Gasteiger charge is -2.33. The number of hydrogen-bond donors (Lipinski definition) is 1. The van der Waals surface area contributed by atoms with Gasteiger partial charge in [0.15, 0.2) is 0 Å². The Morgan fingerprint density at radius 2 is 1.94 bits per heavy atom. The van der Waals surface area contributed by atoms with Gasteiger partial charge >= 0.3 is 0 Å². The molecule has 164 valence electrons. The first-order valence-electron chi connectivity index (χ1n) is 10.8. The number of aromatic nitrogens is 3. The maximum Gasteiger partial charge on any atom is 0.242 e. The molecular weight excluding hydrogens is 406 g/mol. The quantitative estimate of drug-likeness (QED) is 0.639. The molecule has 4 heterocycles. The van der Waals surface area contributed by atoms with Gasteiger partial charge in [-0.25, -0.2) is 9.97 Å². The number of benzene rings is 1. The Morgan fingerprint density at radius 1 is 1.09 bits per heavy atom. The van der Waals surface area contributed by atoms with Crippen molar-refractivity contribution in [1.29, 1.82) is 0 Å².